The van der Waals surface area contributed by atoms with Crippen molar-refractivity contribution in [3.63, 3.8) is 0 Å². The van der Waals surface area contributed by atoms with Gasteiger partial charge < -0.3 is 19.6 Å². The number of likely N-dealkylation sites (tertiary alicyclic amines) is 1. The van der Waals surface area contributed by atoms with Crippen molar-refractivity contribution >= 4 is 29.5 Å². The number of carboxylic acids is 1. The maximum atomic E-state index is 12.2. The number of aliphatic carboxylic acids is 1. The number of nitrogens with zero attached hydrogens (tertiary/aromatic N) is 2. The highest BCUT2D eigenvalue weighted by Gasteiger charge is 2.31. The Morgan fingerprint density at radius 2 is 1.73 bits per heavy atom. The number of amides is 2. The molecule has 2 amide bonds. The standard InChI is InChI=1S/C14H22N2O5S/c17-12(15-5-7-21-8-6-15)9-22-10-13(18)16-4-2-1-3-11(16)14(19)20/h11H,1-10H2,(H,19,20). The molecule has 7 nitrogen and oxygen atoms in total. The van der Waals surface area contributed by atoms with Gasteiger partial charge in [-0.05, 0) is 19.3 Å². The molecule has 1 N–H and O–H groups in total. The molecule has 0 aromatic carbocycles. The summed E-state index contributed by atoms with van der Waals surface area (Å²) in [6.07, 6.45) is 2.19. The molecule has 2 aliphatic rings. The van der Waals surface area contributed by atoms with Crippen molar-refractivity contribution < 1.29 is 24.2 Å². The van der Waals surface area contributed by atoms with Gasteiger partial charge in [-0.2, -0.15) is 0 Å². The van der Waals surface area contributed by atoms with E-state index in [4.69, 9.17) is 9.84 Å². The zero-order valence-corrected chi connectivity index (χ0v) is 13.3. The van der Waals surface area contributed by atoms with Crippen molar-refractivity contribution in [2.75, 3.05) is 44.4 Å². The third-order valence-corrected chi connectivity index (χ3v) is 4.83. The molecule has 2 fully saturated rings. The van der Waals surface area contributed by atoms with Gasteiger partial charge in [-0.1, -0.05) is 0 Å². The molecular formula is C14H22N2O5S. The number of carbonyl (C=O) groups excluding carboxylic acids is 2. The van der Waals surface area contributed by atoms with E-state index in [2.05, 4.69) is 0 Å². The van der Waals surface area contributed by atoms with Crippen LogP contribution >= 0.6 is 11.8 Å². The van der Waals surface area contributed by atoms with E-state index in [1.54, 1.807) is 4.90 Å². The number of carbonyl (C=O) groups is 3. The highest BCUT2D eigenvalue weighted by Crippen LogP contribution is 2.18. The van der Waals surface area contributed by atoms with Gasteiger partial charge >= 0.3 is 5.97 Å². The molecule has 0 saturated carbocycles. The molecule has 2 heterocycles. The lowest BCUT2D eigenvalue weighted by atomic mass is 10.0. The highest BCUT2D eigenvalue weighted by molar-refractivity contribution is 8.00. The summed E-state index contributed by atoms with van der Waals surface area (Å²) < 4.78 is 5.19. The largest absolute Gasteiger partial charge is 0.480 e. The summed E-state index contributed by atoms with van der Waals surface area (Å²) in [4.78, 5) is 38.5. The first-order chi connectivity index (χ1) is 10.6. The minimum Gasteiger partial charge on any atom is -0.480 e. The van der Waals surface area contributed by atoms with E-state index < -0.39 is 12.0 Å². The molecule has 2 aliphatic heterocycles. The van der Waals surface area contributed by atoms with Crippen LogP contribution < -0.4 is 0 Å². The summed E-state index contributed by atoms with van der Waals surface area (Å²) in [5.41, 5.74) is 0. The average molecular weight is 330 g/mol. The van der Waals surface area contributed by atoms with Crippen LogP contribution in [-0.2, 0) is 19.1 Å². The van der Waals surface area contributed by atoms with Gasteiger partial charge in [0.15, 0.2) is 0 Å². The first kappa shape index (κ1) is 17.1. The molecule has 0 radical (unpaired) electrons. The molecule has 8 heteroatoms. The first-order valence-corrected chi connectivity index (χ1v) is 8.70. The Balaban J connectivity index is 1.74. The van der Waals surface area contributed by atoms with Crippen LogP contribution in [-0.4, -0.2) is 83.1 Å². The van der Waals surface area contributed by atoms with Crippen molar-refractivity contribution in [2.45, 2.75) is 25.3 Å². The first-order valence-electron chi connectivity index (χ1n) is 7.55. The average Bonchev–Trinajstić information content (AvgIpc) is 2.55. The van der Waals surface area contributed by atoms with Gasteiger partial charge in [0.05, 0.1) is 24.7 Å². The van der Waals surface area contributed by atoms with Crippen molar-refractivity contribution in [1.82, 2.24) is 9.80 Å². The van der Waals surface area contributed by atoms with Gasteiger partial charge in [-0.15, -0.1) is 11.8 Å². The Morgan fingerprint density at radius 3 is 2.41 bits per heavy atom. The van der Waals surface area contributed by atoms with Crippen LogP contribution in [0, 0.1) is 0 Å². The SMILES string of the molecule is O=C(O)C1CCCCN1C(=O)CSCC(=O)N1CCOCC1. The van der Waals surface area contributed by atoms with Crippen LogP contribution in [0.1, 0.15) is 19.3 Å². The number of carboxylic acid groups (broad SMARTS) is 1. The van der Waals surface area contributed by atoms with E-state index in [-0.39, 0.29) is 23.3 Å². The van der Waals surface area contributed by atoms with Crippen molar-refractivity contribution in [1.29, 1.82) is 0 Å². The summed E-state index contributed by atoms with van der Waals surface area (Å²) in [7, 11) is 0. The van der Waals surface area contributed by atoms with E-state index in [9.17, 15) is 14.4 Å². The summed E-state index contributed by atoms with van der Waals surface area (Å²) in [6, 6.07) is -0.711. The maximum absolute atomic E-state index is 12.2. The van der Waals surface area contributed by atoms with E-state index in [0.29, 0.717) is 39.3 Å². The zero-order chi connectivity index (χ0) is 15.9. The molecule has 1 atom stereocenters. The van der Waals surface area contributed by atoms with Crippen LogP contribution in [0.25, 0.3) is 0 Å². The smallest absolute Gasteiger partial charge is 0.326 e. The summed E-state index contributed by atoms with van der Waals surface area (Å²) in [5.74, 6) is -0.721. The summed E-state index contributed by atoms with van der Waals surface area (Å²) >= 11 is 1.25. The molecule has 0 spiro atoms. The second-order valence-electron chi connectivity index (χ2n) is 5.42. The topological polar surface area (TPSA) is 87.2 Å². The number of ether oxygens (including phenoxy) is 1. The fourth-order valence-electron chi connectivity index (χ4n) is 2.70. The van der Waals surface area contributed by atoms with Gasteiger partial charge in [0.2, 0.25) is 11.8 Å². The van der Waals surface area contributed by atoms with Crippen molar-refractivity contribution in [3.8, 4) is 0 Å². The summed E-state index contributed by atoms with van der Waals surface area (Å²) in [5, 5.41) is 9.17. The molecule has 124 valence electrons. The van der Waals surface area contributed by atoms with E-state index in [1.807, 2.05) is 0 Å². The second-order valence-corrected chi connectivity index (χ2v) is 6.41. The monoisotopic (exact) mass is 330 g/mol. The van der Waals surface area contributed by atoms with Crippen LogP contribution in [0.2, 0.25) is 0 Å². The van der Waals surface area contributed by atoms with Crippen LogP contribution in [0.4, 0.5) is 0 Å². The predicted octanol–water partition coefficient (Wildman–Crippen LogP) is 0.0441. The third kappa shape index (κ3) is 4.61. The van der Waals surface area contributed by atoms with Gasteiger partial charge in [0, 0.05) is 19.6 Å². The number of hydrogen-bond acceptors (Lipinski definition) is 5. The molecule has 2 saturated heterocycles. The third-order valence-electron chi connectivity index (χ3n) is 3.92. The van der Waals surface area contributed by atoms with Crippen LogP contribution in [0.3, 0.4) is 0 Å². The molecule has 2 rings (SSSR count). The van der Waals surface area contributed by atoms with Gasteiger partial charge in [-0.25, -0.2) is 4.79 Å². The van der Waals surface area contributed by atoms with E-state index in [1.165, 1.54) is 16.7 Å². The van der Waals surface area contributed by atoms with Crippen LogP contribution in [0.5, 0.6) is 0 Å². The van der Waals surface area contributed by atoms with Crippen LogP contribution in [0.15, 0.2) is 0 Å². The van der Waals surface area contributed by atoms with Gasteiger partial charge in [0.25, 0.3) is 0 Å². The molecule has 0 bridgehead atoms. The fraction of sp³-hybridized carbons (Fsp3) is 0.786. The molecule has 22 heavy (non-hydrogen) atoms. The number of piperidine rings is 1. The minimum absolute atomic E-state index is 0.00882. The molecular weight excluding hydrogens is 308 g/mol. The second kappa shape index (κ2) is 8.38. The Bertz CT molecular complexity index is 425. The normalized spacial score (nSPS) is 22.5. The lowest BCUT2D eigenvalue weighted by molar-refractivity contribution is -0.151. The van der Waals surface area contributed by atoms with E-state index >= 15 is 0 Å². The highest BCUT2D eigenvalue weighted by atomic mass is 32.2. The van der Waals surface area contributed by atoms with Crippen molar-refractivity contribution in [3.05, 3.63) is 0 Å². The van der Waals surface area contributed by atoms with Crippen molar-refractivity contribution in [2.24, 2.45) is 0 Å². The minimum atomic E-state index is -0.942. The Hall–Kier alpha value is -1.28. The molecule has 0 aromatic rings. The number of hydrogen-bond donors (Lipinski definition) is 1. The lowest BCUT2D eigenvalue weighted by Gasteiger charge is -2.33. The Morgan fingerprint density at radius 1 is 1.05 bits per heavy atom. The fourth-order valence-corrected chi connectivity index (χ4v) is 3.50. The molecule has 1 unspecified atom stereocenters. The van der Waals surface area contributed by atoms with Gasteiger partial charge in [-0.3, -0.25) is 9.59 Å². The van der Waals surface area contributed by atoms with Gasteiger partial charge in [0.1, 0.15) is 6.04 Å². The Labute approximate surface area is 134 Å². The number of thioether (sulfide) groups is 1. The molecule has 0 aliphatic carbocycles. The lowest BCUT2D eigenvalue weighted by Crippen LogP contribution is -2.48. The Kier molecular flexibility index (Phi) is 6.50. The predicted molar refractivity (Wildman–Crippen MR) is 81.7 cm³/mol. The zero-order valence-electron chi connectivity index (χ0n) is 12.5. The number of rotatable bonds is 5. The summed E-state index contributed by atoms with van der Waals surface area (Å²) in [6.45, 7) is 2.81. The maximum Gasteiger partial charge on any atom is 0.326 e. The molecule has 0 aromatic heterocycles. The van der Waals surface area contributed by atoms with E-state index in [0.717, 1.165) is 12.8 Å². The quantitative estimate of drug-likeness (QED) is 0.766. The number of morpholine rings is 1.